The van der Waals surface area contributed by atoms with Gasteiger partial charge in [-0.25, -0.2) is 4.98 Å². The molecular weight excluding hydrogens is 374 g/mol. The molecule has 0 saturated heterocycles. The fourth-order valence-electron chi connectivity index (χ4n) is 2.91. The van der Waals surface area contributed by atoms with Crippen LogP contribution in [0.4, 0.5) is 0 Å². The number of thiazole rings is 1. The fraction of sp³-hybridized carbons (Fsp3) is 0.273. The number of carboxylic acid groups (broad SMARTS) is 1. The van der Waals surface area contributed by atoms with Gasteiger partial charge in [0.25, 0.3) is 0 Å². The van der Waals surface area contributed by atoms with E-state index in [9.17, 15) is 4.79 Å². The molecular formula is C22H23NO4S. The van der Waals surface area contributed by atoms with E-state index in [1.165, 1.54) is 0 Å². The summed E-state index contributed by atoms with van der Waals surface area (Å²) in [6, 6.07) is 15.8. The normalized spacial score (nSPS) is 10.6. The highest BCUT2D eigenvalue weighted by atomic mass is 32.1. The molecule has 5 nitrogen and oxygen atoms in total. The standard InChI is InChI=1S/C22H23NO4S/c1-26-17-11-7-15(8-12-17)21-22(16-9-13-18(27-2)14-10-16)28-19(23-21)5-3-4-6-20(24)25/h7-14H,3-6H2,1-2H3,(H,24,25). The maximum Gasteiger partial charge on any atom is 0.303 e. The number of ether oxygens (including phenoxy) is 2. The van der Waals surface area contributed by atoms with Crippen LogP contribution < -0.4 is 9.47 Å². The summed E-state index contributed by atoms with van der Waals surface area (Å²) < 4.78 is 10.5. The molecule has 0 aliphatic rings. The van der Waals surface area contributed by atoms with Crippen molar-refractivity contribution in [2.45, 2.75) is 25.7 Å². The molecule has 1 heterocycles. The van der Waals surface area contributed by atoms with Gasteiger partial charge in [0.15, 0.2) is 0 Å². The van der Waals surface area contributed by atoms with E-state index in [-0.39, 0.29) is 6.42 Å². The molecule has 0 unspecified atom stereocenters. The Morgan fingerprint density at radius 3 is 2.04 bits per heavy atom. The van der Waals surface area contributed by atoms with E-state index < -0.39 is 5.97 Å². The van der Waals surface area contributed by atoms with Crippen molar-refractivity contribution in [3.05, 3.63) is 53.5 Å². The number of methoxy groups -OCH3 is 2. The van der Waals surface area contributed by atoms with Crippen molar-refractivity contribution in [3.63, 3.8) is 0 Å². The molecule has 146 valence electrons. The molecule has 0 spiro atoms. The molecule has 0 atom stereocenters. The lowest BCUT2D eigenvalue weighted by molar-refractivity contribution is -0.137. The topological polar surface area (TPSA) is 68.7 Å². The van der Waals surface area contributed by atoms with Crippen molar-refractivity contribution in [2.75, 3.05) is 14.2 Å². The van der Waals surface area contributed by atoms with Crippen molar-refractivity contribution >= 4 is 17.3 Å². The van der Waals surface area contributed by atoms with Crippen LogP contribution >= 0.6 is 11.3 Å². The SMILES string of the molecule is COc1ccc(-c2nc(CCCCC(=O)O)sc2-c2ccc(OC)cc2)cc1. The summed E-state index contributed by atoms with van der Waals surface area (Å²) in [5.41, 5.74) is 3.05. The van der Waals surface area contributed by atoms with Crippen LogP contribution in [0.5, 0.6) is 11.5 Å². The van der Waals surface area contributed by atoms with Crippen LogP contribution in [0, 0.1) is 0 Å². The number of hydrogen-bond acceptors (Lipinski definition) is 5. The van der Waals surface area contributed by atoms with Crippen LogP contribution in [-0.4, -0.2) is 30.3 Å². The molecule has 0 fully saturated rings. The average molecular weight is 397 g/mol. The number of aryl methyl sites for hydroxylation is 1. The minimum Gasteiger partial charge on any atom is -0.497 e. The second kappa shape index (κ2) is 9.37. The van der Waals surface area contributed by atoms with Crippen molar-refractivity contribution in [1.82, 2.24) is 4.98 Å². The predicted octanol–water partition coefficient (Wildman–Crippen LogP) is 5.29. The first-order chi connectivity index (χ1) is 13.6. The van der Waals surface area contributed by atoms with Gasteiger partial charge in [-0.1, -0.05) is 0 Å². The number of benzene rings is 2. The third-order valence-electron chi connectivity index (χ3n) is 4.42. The Labute approximate surface area is 168 Å². The maximum absolute atomic E-state index is 10.7. The lowest BCUT2D eigenvalue weighted by atomic mass is 10.1. The summed E-state index contributed by atoms with van der Waals surface area (Å²) in [7, 11) is 3.30. The minimum absolute atomic E-state index is 0.196. The first kappa shape index (κ1) is 19.9. The zero-order valence-electron chi connectivity index (χ0n) is 16.0. The van der Waals surface area contributed by atoms with Crippen LogP contribution in [0.25, 0.3) is 21.7 Å². The molecule has 0 radical (unpaired) electrons. The van der Waals surface area contributed by atoms with Gasteiger partial charge in [0.2, 0.25) is 0 Å². The number of rotatable bonds is 9. The Balaban J connectivity index is 1.91. The summed E-state index contributed by atoms with van der Waals surface area (Å²) >= 11 is 1.66. The number of hydrogen-bond donors (Lipinski definition) is 1. The average Bonchev–Trinajstić information content (AvgIpc) is 3.15. The number of aromatic nitrogens is 1. The molecule has 6 heteroatoms. The zero-order chi connectivity index (χ0) is 19.9. The highest BCUT2D eigenvalue weighted by Gasteiger charge is 2.15. The van der Waals surface area contributed by atoms with Gasteiger partial charge in [0.05, 0.1) is 29.8 Å². The molecule has 0 saturated carbocycles. The summed E-state index contributed by atoms with van der Waals surface area (Å²) in [5, 5.41) is 9.82. The van der Waals surface area contributed by atoms with Crippen LogP contribution in [0.2, 0.25) is 0 Å². The van der Waals surface area contributed by atoms with Gasteiger partial charge in [-0.3, -0.25) is 4.79 Å². The fourth-order valence-corrected chi connectivity index (χ4v) is 4.04. The van der Waals surface area contributed by atoms with Crippen molar-refractivity contribution in [1.29, 1.82) is 0 Å². The van der Waals surface area contributed by atoms with Gasteiger partial charge in [-0.2, -0.15) is 0 Å². The summed E-state index contributed by atoms with van der Waals surface area (Å²) in [5.74, 6) is 0.865. The first-order valence-corrected chi connectivity index (χ1v) is 9.92. The van der Waals surface area contributed by atoms with Gasteiger partial charge in [-0.15, -0.1) is 11.3 Å². The van der Waals surface area contributed by atoms with Gasteiger partial charge < -0.3 is 14.6 Å². The number of aliphatic carboxylic acids is 1. The smallest absolute Gasteiger partial charge is 0.303 e. The second-order valence-corrected chi connectivity index (χ2v) is 7.43. The van der Waals surface area contributed by atoms with E-state index in [1.807, 2.05) is 48.5 Å². The summed E-state index contributed by atoms with van der Waals surface area (Å²) in [6.45, 7) is 0. The maximum atomic E-state index is 10.7. The molecule has 3 rings (SSSR count). The van der Waals surface area contributed by atoms with Crippen LogP contribution in [-0.2, 0) is 11.2 Å². The highest BCUT2D eigenvalue weighted by molar-refractivity contribution is 7.15. The van der Waals surface area contributed by atoms with Gasteiger partial charge in [0.1, 0.15) is 11.5 Å². The Kier molecular flexibility index (Phi) is 6.66. The van der Waals surface area contributed by atoms with Gasteiger partial charge in [-0.05, 0) is 73.4 Å². The number of unbranched alkanes of at least 4 members (excludes halogenated alkanes) is 1. The number of carboxylic acids is 1. The first-order valence-electron chi connectivity index (χ1n) is 9.11. The van der Waals surface area contributed by atoms with Crippen molar-refractivity contribution < 1.29 is 19.4 Å². The van der Waals surface area contributed by atoms with Crippen LogP contribution in [0.15, 0.2) is 48.5 Å². The summed E-state index contributed by atoms with van der Waals surface area (Å²) in [4.78, 5) is 16.7. The Hall–Kier alpha value is -2.86. The number of carbonyl (C=O) groups is 1. The Morgan fingerprint density at radius 2 is 1.50 bits per heavy atom. The molecule has 28 heavy (non-hydrogen) atoms. The van der Waals surface area contributed by atoms with Crippen molar-refractivity contribution in [2.24, 2.45) is 0 Å². The molecule has 3 aromatic rings. The van der Waals surface area contributed by atoms with Gasteiger partial charge >= 0.3 is 5.97 Å². The molecule has 0 amide bonds. The van der Waals surface area contributed by atoms with Gasteiger partial charge in [0, 0.05) is 12.0 Å². The van der Waals surface area contributed by atoms with E-state index in [1.54, 1.807) is 25.6 Å². The van der Waals surface area contributed by atoms with Crippen LogP contribution in [0.3, 0.4) is 0 Å². The molecule has 1 aromatic heterocycles. The van der Waals surface area contributed by atoms with E-state index in [2.05, 4.69) is 0 Å². The Bertz CT molecular complexity index is 852. The van der Waals surface area contributed by atoms with E-state index >= 15 is 0 Å². The molecule has 2 aromatic carbocycles. The lowest BCUT2D eigenvalue weighted by Gasteiger charge is -2.05. The summed E-state index contributed by atoms with van der Waals surface area (Å²) in [6.07, 6.45) is 2.44. The van der Waals surface area contributed by atoms with Crippen LogP contribution in [0.1, 0.15) is 24.3 Å². The molecule has 0 bridgehead atoms. The molecule has 0 aliphatic heterocycles. The van der Waals surface area contributed by atoms with Crippen molar-refractivity contribution in [3.8, 4) is 33.2 Å². The largest absolute Gasteiger partial charge is 0.497 e. The second-order valence-electron chi connectivity index (χ2n) is 6.34. The van der Waals surface area contributed by atoms with E-state index in [0.29, 0.717) is 6.42 Å². The third kappa shape index (κ3) is 4.89. The van der Waals surface area contributed by atoms with E-state index in [0.717, 1.165) is 51.0 Å². The minimum atomic E-state index is -0.753. The Morgan fingerprint density at radius 1 is 0.929 bits per heavy atom. The monoisotopic (exact) mass is 397 g/mol. The van der Waals surface area contributed by atoms with E-state index in [4.69, 9.17) is 19.6 Å². The molecule has 0 aliphatic carbocycles. The quantitative estimate of drug-likeness (QED) is 0.497. The third-order valence-corrected chi connectivity index (χ3v) is 5.58. The highest BCUT2D eigenvalue weighted by Crippen LogP contribution is 2.38. The molecule has 1 N–H and O–H groups in total. The number of nitrogens with zero attached hydrogens (tertiary/aromatic N) is 1. The zero-order valence-corrected chi connectivity index (χ0v) is 16.8. The lowest BCUT2D eigenvalue weighted by Crippen LogP contribution is -1.94. The predicted molar refractivity (Wildman–Crippen MR) is 111 cm³/mol.